The second-order valence-corrected chi connectivity index (χ2v) is 8.25. The summed E-state index contributed by atoms with van der Waals surface area (Å²) in [5, 5.41) is 3.03. The van der Waals surface area contributed by atoms with E-state index in [4.69, 9.17) is 0 Å². The molecular formula is C22H23F3N4S. The predicted octanol–water partition coefficient (Wildman–Crippen LogP) is 6.76. The van der Waals surface area contributed by atoms with Crippen LogP contribution in [0.1, 0.15) is 19.4 Å². The Morgan fingerprint density at radius 1 is 1.03 bits per heavy atom. The predicted molar refractivity (Wildman–Crippen MR) is 117 cm³/mol. The van der Waals surface area contributed by atoms with Crippen LogP contribution in [0.25, 0.3) is 0 Å². The lowest BCUT2D eigenvalue weighted by Crippen LogP contribution is -2.13. The fraction of sp³-hybridized carbons (Fsp3) is 0.273. The molecule has 0 amide bonds. The van der Waals surface area contributed by atoms with Gasteiger partial charge in [-0.15, -0.1) is 11.8 Å². The maximum Gasteiger partial charge on any atom is 0.416 e. The van der Waals surface area contributed by atoms with Crippen molar-refractivity contribution in [2.45, 2.75) is 24.9 Å². The molecule has 2 aromatic carbocycles. The van der Waals surface area contributed by atoms with Gasteiger partial charge in [-0.3, -0.25) is 0 Å². The first-order chi connectivity index (χ1) is 14.2. The summed E-state index contributed by atoms with van der Waals surface area (Å²) >= 11 is 1.80. The number of anilines is 4. The molecule has 0 atom stereocenters. The van der Waals surface area contributed by atoms with Crippen molar-refractivity contribution in [1.82, 2.24) is 9.97 Å². The average molecular weight is 433 g/mol. The number of thioether (sulfide) groups is 1. The topological polar surface area (TPSA) is 41.0 Å². The van der Waals surface area contributed by atoms with Crippen LogP contribution in [-0.4, -0.2) is 22.8 Å². The number of aromatic nitrogens is 2. The summed E-state index contributed by atoms with van der Waals surface area (Å²) in [6.07, 6.45) is -2.92. The molecule has 0 aliphatic heterocycles. The Labute approximate surface area is 178 Å². The molecule has 1 N–H and O–H groups in total. The van der Waals surface area contributed by atoms with Gasteiger partial charge >= 0.3 is 6.18 Å². The quantitative estimate of drug-likeness (QED) is 0.418. The average Bonchev–Trinajstić information content (AvgIpc) is 2.72. The van der Waals surface area contributed by atoms with E-state index in [0.717, 1.165) is 28.5 Å². The van der Waals surface area contributed by atoms with E-state index < -0.39 is 11.7 Å². The molecule has 0 aliphatic rings. The number of nitrogens with one attached hydrogen (secondary N) is 1. The highest BCUT2D eigenvalue weighted by Gasteiger charge is 2.29. The van der Waals surface area contributed by atoms with Gasteiger partial charge in [0.05, 0.1) is 11.3 Å². The van der Waals surface area contributed by atoms with Crippen molar-refractivity contribution >= 4 is 34.8 Å². The molecule has 0 saturated carbocycles. The molecule has 30 heavy (non-hydrogen) atoms. The molecule has 8 heteroatoms. The molecule has 4 nitrogen and oxygen atoms in total. The minimum Gasteiger partial charge on any atom is -0.340 e. The van der Waals surface area contributed by atoms with Crippen LogP contribution in [0.4, 0.5) is 36.2 Å². The minimum absolute atomic E-state index is 0.499. The lowest BCUT2D eigenvalue weighted by atomic mass is 10.2. The SMILES string of the molecule is CC(C)CSc1ccccc1N(C)c1cc(Nc2ccc(C(F)(F)F)cc2)ncn1. The van der Waals surface area contributed by atoms with Gasteiger partial charge in [0.25, 0.3) is 0 Å². The molecule has 1 aromatic heterocycles. The van der Waals surface area contributed by atoms with E-state index in [1.807, 2.05) is 30.1 Å². The third-order valence-corrected chi connectivity index (χ3v) is 5.77. The maximum absolute atomic E-state index is 12.7. The van der Waals surface area contributed by atoms with Crippen LogP contribution in [-0.2, 0) is 6.18 Å². The van der Waals surface area contributed by atoms with Gasteiger partial charge in [-0.2, -0.15) is 13.2 Å². The standard InChI is InChI=1S/C22H23F3N4S/c1-15(2)13-30-19-7-5-4-6-18(19)29(3)21-12-20(26-14-27-21)28-17-10-8-16(9-11-17)22(23,24)25/h4-12,14-15H,13H2,1-3H3,(H,26,27,28). The summed E-state index contributed by atoms with van der Waals surface area (Å²) in [7, 11) is 1.93. The van der Waals surface area contributed by atoms with Crippen LogP contribution in [0.15, 0.2) is 65.8 Å². The highest BCUT2D eigenvalue weighted by Crippen LogP contribution is 2.34. The van der Waals surface area contributed by atoms with Crippen LogP contribution >= 0.6 is 11.8 Å². The summed E-state index contributed by atoms with van der Waals surface area (Å²) in [5.41, 5.74) is 0.859. The Balaban J connectivity index is 1.79. The Bertz CT molecular complexity index is 975. The maximum atomic E-state index is 12.7. The highest BCUT2D eigenvalue weighted by atomic mass is 32.2. The second-order valence-electron chi connectivity index (χ2n) is 7.19. The number of hydrogen-bond acceptors (Lipinski definition) is 5. The van der Waals surface area contributed by atoms with Crippen LogP contribution in [0.5, 0.6) is 0 Å². The van der Waals surface area contributed by atoms with Crippen LogP contribution in [0, 0.1) is 5.92 Å². The molecule has 3 rings (SSSR count). The van der Waals surface area contributed by atoms with Gasteiger partial charge in [0.1, 0.15) is 18.0 Å². The molecule has 158 valence electrons. The van der Waals surface area contributed by atoms with E-state index >= 15 is 0 Å². The summed E-state index contributed by atoms with van der Waals surface area (Å²) in [6.45, 7) is 4.37. The molecule has 0 bridgehead atoms. The van der Waals surface area contributed by atoms with Gasteiger partial charge in [-0.05, 0) is 42.3 Å². The summed E-state index contributed by atoms with van der Waals surface area (Å²) in [4.78, 5) is 11.7. The van der Waals surface area contributed by atoms with Crippen molar-refractivity contribution in [3.05, 3.63) is 66.5 Å². The fourth-order valence-electron chi connectivity index (χ4n) is 2.73. The number of para-hydroxylation sites is 1. The molecule has 0 saturated heterocycles. The minimum atomic E-state index is -4.36. The Morgan fingerprint density at radius 3 is 2.40 bits per heavy atom. The van der Waals surface area contributed by atoms with Gasteiger partial charge in [-0.1, -0.05) is 26.0 Å². The first-order valence-electron chi connectivity index (χ1n) is 9.46. The third kappa shape index (κ3) is 5.66. The van der Waals surface area contributed by atoms with E-state index in [0.29, 0.717) is 23.2 Å². The zero-order chi connectivity index (χ0) is 21.7. The number of benzene rings is 2. The van der Waals surface area contributed by atoms with Crippen molar-refractivity contribution in [3.63, 3.8) is 0 Å². The van der Waals surface area contributed by atoms with E-state index in [1.54, 1.807) is 17.8 Å². The molecule has 0 radical (unpaired) electrons. The summed E-state index contributed by atoms with van der Waals surface area (Å²) in [6, 6.07) is 14.7. The molecular weight excluding hydrogens is 409 g/mol. The van der Waals surface area contributed by atoms with E-state index in [-0.39, 0.29) is 0 Å². The Morgan fingerprint density at radius 2 is 1.73 bits per heavy atom. The van der Waals surface area contributed by atoms with Crippen molar-refractivity contribution in [2.24, 2.45) is 5.92 Å². The molecule has 3 aromatic rings. The first-order valence-corrected chi connectivity index (χ1v) is 10.4. The molecule has 1 heterocycles. The van der Waals surface area contributed by atoms with Crippen molar-refractivity contribution in [2.75, 3.05) is 23.0 Å². The Kier molecular flexibility index (Phi) is 6.87. The summed E-state index contributed by atoms with van der Waals surface area (Å²) in [5.74, 6) is 2.76. The van der Waals surface area contributed by atoms with Gasteiger partial charge in [0.2, 0.25) is 0 Å². The highest BCUT2D eigenvalue weighted by molar-refractivity contribution is 7.99. The van der Waals surface area contributed by atoms with E-state index in [1.165, 1.54) is 18.5 Å². The van der Waals surface area contributed by atoms with Crippen LogP contribution < -0.4 is 10.2 Å². The van der Waals surface area contributed by atoms with Crippen molar-refractivity contribution < 1.29 is 13.2 Å². The van der Waals surface area contributed by atoms with Crippen LogP contribution in [0.3, 0.4) is 0 Å². The number of rotatable bonds is 7. The molecule has 0 aliphatic carbocycles. The van der Waals surface area contributed by atoms with Crippen molar-refractivity contribution in [3.8, 4) is 0 Å². The van der Waals surface area contributed by atoms with Gasteiger partial charge in [-0.25, -0.2) is 9.97 Å². The van der Waals surface area contributed by atoms with Gasteiger partial charge < -0.3 is 10.2 Å². The molecule has 0 spiro atoms. The zero-order valence-electron chi connectivity index (χ0n) is 16.9. The zero-order valence-corrected chi connectivity index (χ0v) is 17.8. The molecule has 0 unspecified atom stereocenters. The largest absolute Gasteiger partial charge is 0.416 e. The fourth-order valence-corrected chi connectivity index (χ4v) is 3.77. The lowest BCUT2D eigenvalue weighted by molar-refractivity contribution is -0.137. The number of alkyl halides is 3. The van der Waals surface area contributed by atoms with Crippen LogP contribution in [0.2, 0.25) is 0 Å². The third-order valence-electron chi connectivity index (χ3n) is 4.28. The monoisotopic (exact) mass is 432 g/mol. The second kappa shape index (κ2) is 9.38. The number of nitrogens with zero attached hydrogens (tertiary/aromatic N) is 3. The van der Waals surface area contributed by atoms with Crippen molar-refractivity contribution in [1.29, 1.82) is 0 Å². The van der Waals surface area contributed by atoms with Gasteiger partial charge in [0.15, 0.2) is 0 Å². The number of hydrogen-bond donors (Lipinski definition) is 1. The van der Waals surface area contributed by atoms with E-state index in [9.17, 15) is 13.2 Å². The normalized spacial score (nSPS) is 11.6. The molecule has 0 fully saturated rings. The first kappa shape index (κ1) is 22.0. The summed E-state index contributed by atoms with van der Waals surface area (Å²) < 4.78 is 38.2. The van der Waals surface area contributed by atoms with E-state index in [2.05, 4.69) is 35.2 Å². The lowest BCUT2D eigenvalue weighted by Gasteiger charge is -2.22. The number of halogens is 3. The van der Waals surface area contributed by atoms with Gasteiger partial charge in [0, 0.05) is 29.4 Å². The smallest absolute Gasteiger partial charge is 0.340 e. The Hall–Kier alpha value is -2.74.